The number of aromatic nitrogens is 2. The summed E-state index contributed by atoms with van der Waals surface area (Å²) >= 11 is 0. The van der Waals surface area contributed by atoms with Crippen molar-refractivity contribution in [1.29, 1.82) is 0 Å². The molecule has 1 heterocycles. The van der Waals surface area contributed by atoms with Crippen LogP contribution in [-0.4, -0.2) is 15.1 Å². The van der Waals surface area contributed by atoms with Crippen LogP contribution in [0.1, 0.15) is 49.9 Å². The zero-order chi connectivity index (χ0) is 10.3. The normalized spacial score (nSPS) is 20.6. The van der Waals surface area contributed by atoms with E-state index >= 15 is 0 Å². The molecule has 2 rings (SSSR count). The van der Waals surface area contributed by atoms with Crippen LogP contribution >= 0.6 is 0 Å². The highest BCUT2D eigenvalue weighted by Crippen LogP contribution is 2.45. The predicted molar refractivity (Wildman–Crippen MR) is 54.0 cm³/mol. The fourth-order valence-corrected chi connectivity index (χ4v) is 1.59. The third-order valence-electron chi connectivity index (χ3n) is 3.01. The first kappa shape index (κ1) is 9.59. The van der Waals surface area contributed by atoms with E-state index < -0.39 is 6.10 Å². The minimum absolute atomic E-state index is 0.210. The van der Waals surface area contributed by atoms with Crippen LogP contribution in [0.5, 0.6) is 0 Å². The Morgan fingerprint density at radius 1 is 1.50 bits per heavy atom. The van der Waals surface area contributed by atoms with E-state index in [9.17, 15) is 5.11 Å². The first-order valence-corrected chi connectivity index (χ1v) is 5.05. The fourth-order valence-electron chi connectivity index (χ4n) is 1.59. The van der Waals surface area contributed by atoms with Gasteiger partial charge in [-0.2, -0.15) is 0 Å². The molecule has 3 heteroatoms. The minimum Gasteiger partial charge on any atom is -0.389 e. The van der Waals surface area contributed by atoms with E-state index in [2.05, 4.69) is 16.9 Å². The molecule has 1 aliphatic carbocycles. The highest BCUT2D eigenvalue weighted by atomic mass is 16.3. The Bertz CT molecular complexity index is 356. The van der Waals surface area contributed by atoms with Crippen molar-refractivity contribution in [2.24, 2.45) is 0 Å². The van der Waals surface area contributed by atoms with Crippen LogP contribution in [0.3, 0.4) is 0 Å². The molecule has 0 amide bonds. The van der Waals surface area contributed by atoms with E-state index in [0.29, 0.717) is 0 Å². The Labute approximate surface area is 84.2 Å². The van der Waals surface area contributed by atoms with Crippen molar-refractivity contribution in [2.45, 2.75) is 45.1 Å². The zero-order valence-corrected chi connectivity index (χ0v) is 8.91. The molecule has 1 aromatic rings. The van der Waals surface area contributed by atoms with Crippen molar-refractivity contribution in [2.75, 3.05) is 0 Å². The molecule has 1 unspecified atom stereocenters. The van der Waals surface area contributed by atoms with Crippen LogP contribution in [0.2, 0.25) is 0 Å². The molecule has 1 saturated carbocycles. The molecule has 76 valence electrons. The topological polar surface area (TPSA) is 46.0 Å². The van der Waals surface area contributed by atoms with Crippen molar-refractivity contribution in [1.82, 2.24) is 9.97 Å². The number of hydrogen-bond donors (Lipinski definition) is 1. The summed E-state index contributed by atoms with van der Waals surface area (Å²) in [5, 5.41) is 9.43. The Morgan fingerprint density at radius 3 is 2.57 bits per heavy atom. The lowest BCUT2D eigenvalue weighted by Gasteiger charge is -2.11. The monoisotopic (exact) mass is 192 g/mol. The minimum atomic E-state index is -0.476. The molecular weight excluding hydrogens is 176 g/mol. The maximum Gasteiger partial charge on any atom is 0.134 e. The van der Waals surface area contributed by atoms with Crippen LogP contribution < -0.4 is 0 Å². The van der Waals surface area contributed by atoms with Gasteiger partial charge < -0.3 is 5.11 Å². The van der Waals surface area contributed by atoms with Crippen LogP contribution in [0.4, 0.5) is 0 Å². The van der Waals surface area contributed by atoms with E-state index in [1.165, 1.54) is 12.8 Å². The number of rotatable bonds is 2. The van der Waals surface area contributed by atoms with Gasteiger partial charge in [0.15, 0.2) is 0 Å². The molecule has 0 aliphatic heterocycles. The molecule has 1 atom stereocenters. The van der Waals surface area contributed by atoms with Gasteiger partial charge in [-0.05, 0) is 26.7 Å². The molecular formula is C11H16N2O. The summed E-state index contributed by atoms with van der Waals surface area (Å²) in [6.07, 6.45) is 3.64. The van der Waals surface area contributed by atoms with Gasteiger partial charge in [-0.25, -0.2) is 9.97 Å². The predicted octanol–water partition coefficient (Wildman–Crippen LogP) is 1.89. The summed E-state index contributed by atoms with van der Waals surface area (Å²) in [6.45, 7) is 5.85. The SMILES string of the molecule is Cc1nc(C2(C)CC2)ncc1C(C)O. The quantitative estimate of drug-likeness (QED) is 0.778. The van der Waals surface area contributed by atoms with Crippen molar-refractivity contribution in [3.05, 3.63) is 23.3 Å². The smallest absolute Gasteiger partial charge is 0.134 e. The van der Waals surface area contributed by atoms with Crippen molar-refractivity contribution in [3.63, 3.8) is 0 Å². The Balaban J connectivity index is 2.36. The second-order valence-corrected chi connectivity index (χ2v) is 4.47. The van der Waals surface area contributed by atoms with Gasteiger partial charge in [-0.15, -0.1) is 0 Å². The highest BCUT2D eigenvalue weighted by Gasteiger charge is 2.42. The van der Waals surface area contributed by atoms with Gasteiger partial charge >= 0.3 is 0 Å². The summed E-state index contributed by atoms with van der Waals surface area (Å²) in [7, 11) is 0. The van der Waals surface area contributed by atoms with Gasteiger partial charge in [0.1, 0.15) is 5.82 Å². The summed E-state index contributed by atoms with van der Waals surface area (Å²) in [4.78, 5) is 8.78. The second-order valence-electron chi connectivity index (χ2n) is 4.47. The van der Waals surface area contributed by atoms with E-state index in [-0.39, 0.29) is 5.41 Å². The van der Waals surface area contributed by atoms with Gasteiger partial charge in [-0.1, -0.05) is 6.92 Å². The molecule has 0 aromatic carbocycles. The van der Waals surface area contributed by atoms with Gasteiger partial charge in [-0.3, -0.25) is 0 Å². The van der Waals surface area contributed by atoms with Gasteiger partial charge in [0.05, 0.1) is 6.10 Å². The van der Waals surface area contributed by atoms with Gasteiger partial charge in [0.2, 0.25) is 0 Å². The molecule has 1 fully saturated rings. The van der Waals surface area contributed by atoms with Crippen LogP contribution in [-0.2, 0) is 5.41 Å². The van der Waals surface area contributed by atoms with E-state index in [1.54, 1.807) is 13.1 Å². The molecule has 0 radical (unpaired) electrons. The van der Waals surface area contributed by atoms with E-state index in [1.807, 2.05) is 6.92 Å². The van der Waals surface area contributed by atoms with Gasteiger partial charge in [0.25, 0.3) is 0 Å². The molecule has 0 spiro atoms. The molecule has 1 aromatic heterocycles. The molecule has 1 aliphatic rings. The van der Waals surface area contributed by atoms with Crippen molar-refractivity contribution in [3.8, 4) is 0 Å². The Kier molecular flexibility index (Phi) is 2.07. The lowest BCUT2D eigenvalue weighted by atomic mass is 10.1. The Morgan fingerprint density at radius 2 is 2.14 bits per heavy atom. The molecule has 0 saturated heterocycles. The summed E-state index contributed by atoms with van der Waals surface area (Å²) in [6, 6.07) is 0. The van der Waals surface area contributed by atoms with E-state index in [0.717, 1.165) is 17.1 Å². The van der Waals surface area contributed by atoms with Crippen molar-refractivity contribution < 1.29 is 5.11 Å². The largest absolute Gasteiger partial charge is 0.389 e. The number of hydrogen-bond acceptors (Lipinski definition) is 3. The molecule has 1 N–H and O–H groups in total. The lowest BCUT2D eigenvalue weighted by molar-refractivity contribution is 0.197. The van der Waals surface area contributed by atoms with Crippen molar-refractivity contribution >= 4 is 0 Å². The first-order chi connectivity index (χ1) is 6.53. The molecule has 0 bridgehead atoms. The van der Waals surface area contributed by atoms with E-state index in [4.69, 9.17) is 0 Å². The Hall–Kier alpha value is -0.960. The molecule has 3 nitrogen and oxygen atoms in total. The lowest BCUT2D eigenvalue weighted by Crippen LogP contribution is -2.10. The van der Waals surface area contributed by atoms with Gasteiger partial charge in [0, 0.05) is 22.9 Å². The van der Waals surface area contributed by atoms with Crippen LogP contribution in [0, 0.1) is 6.92 Å². The summed E-state index contributed by atoms with van der Waals surface area (Å²) in [5.41, 5.74) is 1.94. The third-order valence-corrected chi connectivity index (χ3v) is 3.01. The number of aryl methyl sites for hydroxylation is 1. The number of nitrogens with zero attached hydrogens (tertiary/aromatic N) is 2. The highest BCUT2D eigenvalue weighted by molar-refractivity contribution is 5.23. The second kappa shape index (κ2) is 3.02. The first-order valence-electron chi connectivity index (χ1n) is 5.05. The zero-order valence-electron chi connectivity index (χ0n) is 8.91. The maximum absolute atomic E-state index is 9.43. The average molecular weight is 192 g/mol. The standard InChI is InChI=1S/C11H16N2O/c1-7-9(8(2)14)6-12-10(13-7)11(3)4-5-11/h6,8,14H,4-5H2,1-3H3. The number of aliphatic hydroxyl groups is 1. The number of aliphatic hydroxyl groups excluding tert-OH is 1. The third kappa shape index (κ3) is 1.52. The average Bonchev–Trinajstić information content (AvgIpc) is 2.84. The summed E-state index contributed by atoms with van der Waals surface area (Å²) < 4.78 is 0. The summed E-state index contributed by atoms with van der Waals surface area (Å²) in [5.74, 6) is 0.930. The molecule has 14 heavy (non-hydrogen) atoms. The fraction of sp³-hybridized carbons (Fsp3) is 0.636. The van der Waals surface area contributed by atoms with Crippen LogP contribution in [0.15, 0.2) is 6.20 Å². The maximum atomic E-state index is 9.43. The van der Waals surface area contributed by atoms with Crippen LogP contribution in [0.25, 0.3) is 0 Å².